The molecule has 0 aliphatic carbocycles. The Balaban J connectivity index is 1.42. The van der Waals surface area contributed by atoms with Crippen LogP contribution in [-0.2, 0) is 0 Å². The molecule has 0 saturated heterocycles. The Hall–Kier alpha value is -5.95. The van der Waals surface area contributed by atoms with Crippen LogP contribution < -0.4 is 0 Å². The van der Waals surface area contributed by atoms with Gasteiger partial charge in [0, 0.05) is 94.7 Å². The van der Waals surface area contributed by atoms with Gasteiger partial charge < -0.3 is 0 Å². The monoisotopic (exact) mass is 541 g/mol. The highest BCUT2D eigenvalue weighted by Crippen LogP contribution is 2.41. The zero-order chi connectivity index (χ0) is 28.1. The Labute approximate surface area is 242 Å². The minimum absolute atomic E-state index is 0.764. The Kier molecular flexibility index (Phi) is 6.72. The summed E-state index contributed by atoms with van der Waals surface area (Å²) in [6, 6.07) is 27.7. The van der Waals surface area contributed by atoms with Crippen LogP contribution in [0.1, 0.15) is 0 Å². The van der Waals surface area contributed by atoms with Crippen molar-refractivity contribution in [1.82, 2.24) is 34.9 Å². The maximum Gasteiger partial charge on any atom is 0.0818 e. The van der Waals surface area contributed by atoms with Gasteiger partial charge in [-0.25, -0.2) is 0 Å². The fraction of sp³-hybridized carbons (Fsp3) is 0. The number of pyridine rings is 7. The van der Waals surface area contributed by atoms with Crippen LogP contribution in [0.2, 0.25) is 0 Å². The lowest BCUT2D eigenvalue weighted by Gasteiger charge is -2.16. The Morgan fingerprint density at radius 2 is 0.619 bits per heavy atom. The van der Waals surface area contributed by atoms with E-state index in [0.29, 0.717) is 0 Å². The molecule has 0 N–H and O–H groups in total. The molecular weight excluding hydrogens is 518 g/mol. The van der Waals surface area contributed by atoms with Crippen molar-refractivity contribution in [3.05, 3.63) is 141 Å². The van der Waals surface area contributed by atoms with E-state index in [2.05, 4.69) is 16.0 Å². The lowest BCUT2D eigenvalue weighted by molar-refractivity contribution is 1.23. The Morgan fingerprint density at radius 1 is 0.286 bits per heavy atom. The van der Waals surface area contributed by atoms with E-state index in [9.17, 15) is 0 Å². The zero-order valence-electron chi connectivity index (χ0n) is 22.4. The van der Waals surface area contributed by atoms with Crippen LogP contribution in [0.25, 0.3) is 67.4 Å². The van der Waals surface area contributed by atoms with Crippen molar-refractivity contribution in [3.8, 4) is 67.4 Å². The number of hydrogen-bond acceptors (Lipinski definition) is 7. The molecule has 0 spiro atoms. The first-order valence-electron chi connectivity index (χ1n) is 13.5. The van der Waals surface area contributed by atoms with Gasteiger partial charge in [0.1, 0.15) is 0 Å². The predicted molar refractivity (Wildman–Crippen MR) is 164 cm³/mol. The van der Waals surface area contributed by atoms with E-state index in [1.165, 1.54) is 0 Å². The molecule has 0 amide bonds. The van der Waals surface area contributed by atoms with Gasteiger partial charge >= 0.3 is 0 Å². The van der Waals surface area contributed by atoms with E-state index in [1.54, 1.807) is 43.4 Å². The average molecular weight is 542 g/mol. The smallest absolute Gasteiger partial charge is 0.0818 e. The van der Waals surface area contributed by atoms with Crippen LogP contribution in [0.5, 0.6) is 0 Å². The van der Waals surface area contributed by atoms with Gasteiger partial charge in [0.05, 0.1) is 28.5 Å². The average Bonchev–Trinajstić information content (AvgIpc) is 3.09. The quantitative estimate of drug-likeness (QED) is 0.216. The van der Waals surface area contributed by atoms with Gasteiger partial charge in [-0.15, -0.1) is 0 Å². The van der Waals surface area contributed by atoms with Gasteiger partial charge in [-0.1, -0.05) is 12.1 Å². The van der Waals surface area contributed by atoms with Gasteiger partial charge in [0.2, 0.25) is 0 Å². The first-order chi connectivity index (χ1) is 20.9. The molecule has 0 unspecified atom stereocenters. The lowest BCUT2D eigenvalue weighted by atomic mass is 9.93. The van der Waals surface area contributed by atoms with Crippen molar-refractivity contribution in [2.24, 2.45) is 0 Å². The van der Waals surface area contributed by atoms with Gasteiger partial charge in [-0.2, -0.15) is 0 Å². The highest BCUT2D eigenvalue weighted by atomic mass is 14.8. The summed E-state index contributed by atoms with van der Waals surface area (Å²) in [6.07, 6.45) is 16.2. The predicted octanol–water partition coefficient (Wildman–Crippen LogP) is 7.45. The summed E-state index contributed by atoms with van der Waals surface area (Å²) in [7, 11) is 0. The molecule has 0 atom stereocenters. The zero-order valence-corrected chi connectivity index (χ0v) is 22.4. The van der Waals surface area contributed by atoms with Crippen LogP contribution >= 0.6 is 0 Å². The highest BCUT2D eigenvalue weighted by Gasteiger charge is 2.21. The minimum Gasteiger partial charge on any atom is -0.264 e. The summed E-state index contributed by atoms with van der Waals surface area (Å²) in [5.74, 6) is 0. The minimum atomic E-state index is 0.764. The topological polar surface area (TPSA) is 90.2 Å². The number of nitrogens with zero attached hydrogens (tertiary/aromatic N) is 7. The Morgan fingerprint density at radius 3 is 1.05 bits per heavy atom. The maximum absolute atomic E-state index is 4.89. The second-order valence-corrected chi connectivity index (χ2v) is 9.48. The van der Waals surface area contributed by atoms with E-state index in [0.717, 1.165) is 67.4 Å². The van der Waals surface area contributed by atoms with Crippen molar-refractivity contribution in [1.29, 1.82) is 0 Å². The van der Waals surface area contributed by atoms with E-state index in [-0.39, 0.29) is 0 Å². The van der Waals surface area contributed by atoms with E-state index in [4.69, 9.17) is 24.9 Å². The molecule has 7 heterocycles. The van der Waals surface area contributed by atoms with Crippen LogP contribution in [-0.4, -0.2) is 34.9 Å². The maximum atomic E-state index is 4.89. The largest absolute Gasteiger partial charge is 0.264 e. The van der Waals surface area contributed by atoms with Crippen molar-refractivity contribution in [2.75, 3.05) is 0 Å². The van der Waals surface area contributed by atoms with Crippen molar-refractivity contribution in [2.45, 2.75) is 0 Å². The number of hydrogen-bond donors (Lipinski definition) is 0. The summed E-state index contributed by atoms with van der Waals surface area (Å²) >= 11 is 0. The van der Waals surface area contributed by atoms with E-state index >= 15 is 0 Å². The fourth-order valence-corrected chi connectivity index (χ4v) is 5.14. The lowest BCUT2D eigenvalue weighted by Crippen LogP contribution is -1.99. The second kappa shape index (κ2) is 11.3. The molecule has 0 aliphatic rings. The van der Waals surface area contributed by atoms with E-state index in [1.807, 2.05) is 91.3 Å². The molecule has 0 saturated carbocycles. The molecule has 198 valence electrons. The SMILES string of the molecule is c1cncc(-c2cccnc2-c2cccnc2-c2cccnc2-c2cccnc2-c2cccnc2-c2cccnc2)c1. The third-order valence-electron chi connectivity index (χ3n) is 6.97. The molecule has 7 heteroatoms. The standard InChI is InChI=1S/C35H23N7/c1-8-24(22-36-15-1)26-10-3-18-39-32(26)28-12-5-20-41-34(28)30-14-7-21-42-35(30)29-13-6-19-40-33(29)27-11-4-17-38-31(27)25-9-2-16-37-23-25/h1-23H. The van der Waals surface area contributed by atoms with Crippen LogP contribution in [0, 0.1) is 0 Å². The van der Waals surface area contributed by atoms with E-state index < -0.39 is 0 Å². The number of aromatic nitrogens is 7. The molecule has 7 rings (SSSR count). The molecule has 0 bridgehead atoms. The van der Waals surface area contributed by atoms with Crippen molar-refractivity contribution in [3.63, 3.8) is 0 Å². The van der Waals surface area contributed by atoms with Gasteiger partial charge in [-0.05, 0) is 72.8 Å². The summed E-state index contributed by atoms with van der Waals surface area (Å²) < 4.78 is 0. The third-order valence-corrected chi connectivity index (χ3v) is 6.97. The van der Waals surface area contributed by atoms with Crippen LogP contribution in [0.3, 0.4) is 0 Å². The summed E-state index contributed by atoms with van der Waals surface area (Å²) in [4.78, 5) is 32.8. The first-order valence-corrected chi connectivity index (χ1v) is 13.5. The normalized spacial score (nSPS) is 10.9. The van der Waals surface area contributed by atoms with Crippen molar-refractivity contribution >= 4 is 0 Å². The molecule has 7 aromatic heterocycles. The van der Waals surface area contributed by atoms with Crippen LogP contribution in [0.15, 0.2) is 141 Å². The van der Waals surface area contributed by atoms with Gasteiger partial charge in [-0.3, -0.25) is 34.9 Å². The molecule has 42 heavy (non-hydrogen) atoms. The molecule has 0 aromatic carbocycles. The molecule has 7 nitrogen and oxygen atoms in total. The Bertz CT molecular complexity index is 1850. The van der Waals surface area contributed by atoms with Crippen LogP contribution in [0.4, 0.5) is 0 Å². The molecule has 0 fully saturated rings. The summed E-state index contributed by atoms with van der Waals surface area (Å²) in [6.45, 7) is 0. The van der Waals surface area contributed by atoms with Gasteiger partial charge in [0.15, 0.2) is 0 Å². The summed E-state index contributed by atoms with van der Waals surface area (Å²) in [5, 5.41) is 0. The first kappa shape index (κ1) is 25.0. The number of rotatable bonds is 6. The molecular formula is C35H23N7. The fourth-order valence-electron chi connectivity index (χ4n) is 5.14. The second-order valence-electron chi connectivity index (χ2n) is 9.48. The molecule has 7 aromatic rings. The third kappa shape index (κ3) is 4.69. The summed E-state index contributed by atoms with van der Waals surface area (Å²) in [5.41, 5.74) is 10.3. The molecule has 0 radical (unpaired) electrons. The highest BCUT2D eigenvalue weighted by molar-refractivity contribution is 5.95. The van der Waals surface area contributed by atoms with Gasteiger partial charge in [0.25, 0.3) is 0 Å². The van der Waals surface area contributed by atoms with Crippen molar-refractivity contribution < 1.29 is 0 Å². The molecule has 0 aliphatic heterocycles.